The van der Waals surface area contributed by atoms with Gasteiger partial charge in [-0.05, 0) is 37.1 Å². The number of carbonyl (C=O) groups excluding carboxylic acids is 1. The second-order valence-corrected chi connectivity index (χ2v) is 6.10. The molecule has 1 amide bonds. The Labute approximate surface area is 152 Å². The molecule has 2 heterocycles. The number of rotatable bonds is 6. The van der Waals surface area contributed by atoms with Crippen molar-refractivity contribution < 1.29 is 4.79 Å². The van der Waals surface area contributed by atoms with Crippen molar-refractivity contribution in [3.8, 4) is 0 Å². The van der Waals surface area contributed by atoms with Crippen LogP contribution in [0.25, 0.3) is 0 Å². The Bertz CT molecular complexity index is 896. The summed E-state index contributed by atoms with van der Waals surface area (Å²) in [4.78, 5) is 25.1. The lowest BCUT2D eigenvalue weighted by atomic mass is 10.1. The maximum atomic E-state index is 12.4. The molecule has 26 heavy (non-hydrogen) atoms. The SMILES string of the molecule is Cc1cccc(CNc2nc(C)cc(C(=O)NCc3cccnc3)n2)c1. The number of anilines is 1. The first-order valence-electron chi connectivity index (χ1n) is 8.42. The van der Waals surface area contributed by atoms with E-state index in [0.717, 1.165) is 16.8 Å². The van der Waals surface area contributed by atoms with Gasteiger partial charge < -0.3 is 10.6 Å². The Kier molecular flexibility index (Phi) is 5.53. The highest BCUT2D eigenvalue weighted by Crippen LogP contribution is 2.09. The highest BCUT2D eigenvalue weighted by molar-refractivity contribution is 5.92. The zero-order valence-electron chi connectivity index (χ0n) is 14.9. The third kappa shape index (κ3) is 4.86. The lowest BCUT2D eigenvalue weighted by Crippen LogP contribution is -2.24. The van der Waals surface area contributed by atoms with Crippen LogP contribution in [0.1, 0.15) is 32.9 Å². The van der Waals surface area contributed by atoms with E-state index in [0.29, 0.717) is 24.7 Å². The molecule has 0 aliphatic heterocycles. The molecular formula is C20H21N5O. The van der Waals surface area contributed by atoms with Crippen molar-refractivity contribution in [1.82, 2.24) is 20.3 Å². The van der Waals surface area contributed by atoms with Gasteiger partial charge in [0.25, 0.3) is 5.91 Å². The molecule has 2 aromatic heterocycles. The van der Waals surface area contributed by atoms with E-state index >= 15 is 0 Å². The summed E-state index contributed by atoms with van der Waals surface area (Å²) in [5.74, 6) is 0.205. The quantitative estimate of drug-likeness (QED) is 0.716. The second kappa shape index (κ2) is 8.20. The fourth-order valence-corrected chi connectivity index (χ4v) is 2.54. The van der Waals surface area contributed by atoms with Gasteiger partial charge in [0.1, 0.15) is 5.69 Å². The zero-order chi connectivity index (χ0) is 18.4. The van der Waals surface area contributed by atoms with Gasteiger partial charge in [0.15, 0.2) is 0 Å². The highest BCUT2D eigenvalue weighted by Gasteiger charge is 2.10. The minimum atomic E-state index is -0.238. The molecule has 0 aliphatic carbocycles. The molecule has 3 aromatic rings. The first-order chi connectivity index (χ1) is 12.6. The van der Waals surface area contributed by atoms with Crippen molar-refractivity contribution in [2.45, 2.75) is 26.9 Å². The summed E-state index contributed by atoms with van der Waals surface area (Å²) < 4.78 is 0. The van der Waals surface area contributed by atoms with E-state index in [9.17, 15) is 4.79 Å². The number of nitrogens with one attached hydrogen (secondary N) is 2. The van der Waals surface area contributed by atoms with Crippen LogP contribution in [0.3, 0.4) is 0 Å². The lowest BCUT2D eigenvalue weighted by molar-refractivity contribution is 0.0945. The van der Waals surface area contributed by atoms with Crippen LogP contribution in [0.5, 0.6) is 0 Å². The van der Waals surface area contributed by atoms with Crippen LogP contribution in [0, 0.1) is 13.8 Å². The number of carbonyl (C=O) groups is 1. The molecule has 0 unspecified atom stereocenters. The molecule has 0 saturated heterocycles. The number of pyridine rings is 1. The Morgan fingerprint density at radius 2 is 1.85 bits per heavy atom. The summed E-state index contributed by atoms with van der Waals surface area (Å²) in [6.45, 7) is 4.90. The molecule has 2 N–H and O–H groups in total. The van der Waals surface area contributed by atoms with Gasteiger partial charge in [0.2, 0.25) is 5.95 Å². The summed E-state index contributed by atoms with van der Waals surface area (Å²) in [5.41, 5.74) is 4.35. The van der Waals surface area contributed by atoms with Crippen molar-refractivity contribution in [2.24, 2.45) is 0 Å². The van der Waals surface area contributed by atoms with E-state index in [4.69, 9.17) is 0 Å². The lowest BCUT2D eigenvalue weighted by Gasteiger charge is -2.09. The molecule has 0 radical (unpaired) electrons. The minimum absolute atomic E-state index is 0.238. The highest BCUT2D eigenvalue weighted by atomic mass is 16.1. The van der Waals surface area contributed by atoms with E-state index in [2.05, 4.69) is 44.6 Å². The Balaban J connectivity index is 1.65. The van der Waals surface area contributed by atoms with Crippen LogP contribution in [0.15, 0.2) is 54.9 Å². The van der Waals surface area contributed by atoms with Gasteiger partial charge in [0, 0.05) is 31.2 Å². The number of aromatic nitrogens is 3. The molecule has 0 aliphatic rings. The number of aryl methyl sites for hydroxylation is 2. The van der Waals surface area contributed by atoms with Gasteiger partial charge in [-0.2, -0.15) is 0 Å². The molecule has 6 nitrogen and oxygen atoms in total. The van der Waals surface area contributed by atoms with Crippen LogP contribution in [-0.2, 0) is 13.1 Å². The van der Waals surface area contributed by atoms with Gasteiger partial charge >= 0.3 is 0 Å². The van der Waals surface area contributed by atoms with E-state index in [1.54, 1.807) is 18.5 Å². The zero-order valence-corrected chi connectivity index (χ0v) is 14.9. The van der Waals surface area contributed by atoms with Crippen LogP contribution in [0.2, 0.25) is 0 Å². The molecule has 0 bridgehead atoms. The van der Waals surface area contributed by atoms with Gasteiger partial charge in [-0.15, -0.1) is 0 Å². The van der Waals surface area contributed by atoms with Crippen molar-refractivity contribution in [1.29, 1.82) is 0 Å². The van der Waals surface area contributed by atoms with E-state index < -0.39 is 0 Å². The Morgan fingerprint density at radius 1 is 1.00 bits per heavy atom. The topological polar surface area (TPSA) is 79.8 Å². The molecule has 132 valence electrons. The van der Waals surface area contributed by atoms with Gasteiger partial charge in [-0.1, -0.05) is 35.9 Å². The van der Waals surface area contributed by atoms with E-state index in [-0.39, 0.29) is 5.91 Å². The van der Waals surface area contributed by atoms with Crippen LogP contribution in [0.4, 0.5) is 5.95 Å². The molecule has 0 spiro atoms. The van der Waals surface area contributed by atoms with Gasteiger partial charge in [-0.25, -0.2) is 9.97 Å². The number of hydrogen-bond acceptors (Lipinski definition) is 5. The molecule has 0 atom stereocenters. The fourth-order valence-electron chi connectivity index (χ4n) is 2.54. The normalized spacial score (nSPS) is 10.4. The third-order valence-electron chi connectivity index (χ3n) is 3.80. The van der Waals surface area contributed by atoms with E-state index in [1.165, 1.54) is 5.56 Å². The predicted molar refractivity (Wildman–Crippen MR) is 101 cm³/mol. The molecule has 3 rings (SSSR count). The van der Waals surface area contributed by atoms with Gasteiger partial charge in [0.05, 0.1) is 0 Å². The maximum Gasteiger partial charge on any atom is 0.270 e. The smallest absolute Gasteiger partial charge is 0.270 e. The summed E-state index contributed by atoms with van der Waals surface area (Å²) in [6, 6.07) is 13.6. The number of benzene rings is 1. The van der Waals surface area contributed by atoms with E-state index in [1.807, 2.05) is 31.2 Å². The monoisotopic (exact) mass is 347 g/mol. The Morgan fingerprint density at radius 3 is 2.62 bits per heavy atom. The molecular weight excluding hydrogens is 326 g/mol. The van der Waals surface area contributed by atoms with Crippen molar-refractivity contribution in [3.63, 3.8) is 0 Å². The maximum absolute atomic E-state index is 12.4. The summed E-state index contributed by atoms with van der Waals surface area (Å²) in [6.07, 6.45) is 3.42. The first-order valence-corrected chi connectivity index (χ1v) is 8.42. The molecule has 6 heteroatoms. The molecule has 0 fully saturated rings. The van der Waals surface area contributed by atoms with Gasteiger partial charge in [-0.3, -0.25) is 9.78 Å². The fraction of sp³-hybridized carbons (Fsp3) is 0.200. The second-order valence-electron chi connectivity index (χ2n) is 6.10. The average molecular weight is 347 g/mol. The van der Waals surface area contributed by atoms with Crippen LogP contribution < -0.4 is 10.6 Å². The standard InChI is InChI=1S/C20H21N5O/c1-14-5-3-6-16(9-14)12-23-20-24-15(2)10-18(25-20)19(26)22-13-17-7-4-8-21-11-17/h3-11H,12-13H2,1-2H3,(H,22,26)(H,23,24,25). The van der Waals surface area contributed by atoms with Crippen molar-refractivity contribution in [2.75, 3.05) is 5.32 Å². The predicted octanol–water partition coefficient (Wildman–Crippen LogP) is 3.03. The van der Waals surface area contributed by atoms with Crippen LogP contribution >= 0.6 is 0 Å². The van der Waals surface area contributed by atoms with Crippen molar-refractivity contribution in [3.05, 3.63) is 82.9 Å². The number of hydrogen-bond donors (Lipinski definition) is 2. The summed E-state index contributed by atoms with van der Waals surface area (Å²) >= 11 is 0. The largest absolute Gasteiger partial charge is 0.350 e. The minimum Gasteiger partial charge on any atom is -0.350 e. The molecule has 0 saturated carbocycles. The number of amides is 1. The van der Waals surface area contributed by atoms with Crippen LogP contribution in [-0.4, -0.2) is 20.9 Å². The van der Waals surface area contributed by atoms with Crippen molar-refractivity contribution >= 4 is 11.9 Å². The first kappa shape index (κ1) is 17.5. The average Bonchev–Trinajstić information content (AvgIpc) is 2.65. The third-order valence-corrected chi connectivity index (χ3v) is 3.80. The molecule has 1 aromatic carbocycles. The number of nitrogens with zero attached hydrogens (tertiary/aromatic N) is 3. The Hall–Kier alpha value is -3.28. The summed E-state index contributed by atoms with van der Waals surface area (Å²) in [7, 11) is 0. The summed E-state index contributed by atoms with van der Waals surface area (Å²) in [5, 5.41) is 6.04.